The number of rotatable bonds is 15. The molecule has 2 aliphatic rings. The lowest BCUT2D eigenvalue weighted by Crippen LogP contribution is -2.34. The van der Waals surface area contributed by atoms with Crippen molar-refractivity contribution in [2.75, 3.05) is 25.1 Å². The Bertz CT molecular complexity index is 2040. The van der Waals surface area contributed by atoms with Crippen molar-refractivity contribution in [3.05, 3.63) is 46.4 Å². The van der Waals surface area contributed by atoms with Crippen molar-refractivity contribution in [3.8, 4) is 0 Å². The van der Waals surface area contributed by atoms with E-state index in [0.717, 1.165) is 0 Å². The molecule has 1 saturated carbocycles. The first-order valence-corrected chi connectivity index (χ1v) is 19.1. The molecule has 2 fully saturated rings. The van der Waals surface area contributed by atoms with Crippen LogP contribution in [0.15, 0.2) is 23.6 Å². The Balaban J connectivity index is 1.16. The minimum Gasteiger partial charge on any atom is -0.388 e. The van der Waals surface area contributed by atoms with Crippen LogP contribution in [-0.2, 0) is 50.6 Å². The van der Waals surface area contributed by atoms with Crippen molar-refractivity contribution >= 4 is 61.0 Å². The van der Waals surface area contributed by atoms with Gasteiger partial charge >= 0.3 is 15.0 Å². The minimum atomic E-state index is -3.45. The van der Waals surface area contributed by atoms with Crippen LogP contribution in [0.1, 0.15) is 51.2 Å². The largest absolute Gasteiger partial charge is 0.695 e. The number of aromatic nitrogens is 8. The van der Waals surface area contributed by atoms with E-state index in [9.17, 15) is 24.2 Å². The van der Waals surface area contributed by atoms with Gasteiger partial charge < -0.3 is 32.8 Å². The zero-order valence-corrected chi connectivity index (χ0v) is 29.3. The van der Waals surface area contributed by atoms with E-state index in [2.05, 4.69) is 40.1 Å². The van der Waals surface area contributed by atoms with Gasteiger partial charge in [0.15, 0.2) is 29.1 Å². The summed E-state index contributed by atoms with van der Waals surface area (Å²) in [6.45, 7) is 6.58. The molecule has 6 rings (SSSR count). The van der Waals surface area contributed by atoms with E-state index < -0.39 is 39.0 Å². The molecular weight excluding hydrogens is 718 g/mol. The summed E-state index contributed by atoms with van der Waals surface area (Å²) >= 11 is 5.73. The molecule has 0 spiro atoms. The zero-order chi connectivity index (χ0) is 35.6. The predicted molar refractivity (Wildman–Crippen MR) is 177 cm³/mol. The molecule has 23 heteroatoms. The van der Waals surface area contributed by atoms with E-state index in [1.54, 1.807) is 20.0 Å². The highest BCUT2D eigenvalue weighted by Gasteiger charge is 2.45. The van der Waals surface area contributed by atoms with Crippen LogP contribution < -0.4 is 10.9 Å². The molecule has 5 atom stereocenters. The van der Waals surface area contributed by atoms with Crippen LogP contribution in [-0.4, -0.2) is 93.0 Å². The number of hydrogen-bond donors (Lipinski definition) is 4. The maximum atomic E-state index is 12.7. The van der Waals surface area contributed by atoms with Crippen LogP contribution in [0.4, 0.5) is 5.95 Å². The van der Waals surface area contributed by atoms with Gasteiger partial charge in [-0.3, -0.25) is 24.5 Å². The van der Waals surface area contributed by atoms with Crippen molar-refractivity contribution in [2.45, 2.75) is 70.3 Å². The number of ether oxygens (including phenoxy) is 1. The van der Waals surface area contributed by atoms with Crippen LogP contribution in [0.5, 0.6) is 0 Å². The van der Waals surface area contributed by atoms with Crippen LogP contribution in [0, 0.1) is 12.5 Å². The number of aliphatic hydroxyl groups excluding tert-OH is 1. The standard InChI is InChI=1S/C27H32N10O10P2S/c1-14(2)24(39)34-27-33-23-21(25(40)35-27)31-13-36(23)26-19(46-48(41)42)8-17(45-26)11-44-49(50,43-5-4-28-3)47-16-6-15(7-16)37-20(10-38)32-18-9-29-12-30-22(18)37/h9,12-17,19,26,38H,4-8,10-11H2,1-2H3,(H2-,33,34,35,39,40,41,42)/p+1/t15?,16?,17-,19+,26+,49?/m0/s1. The molecule has 2 unspecified atom stereocenters. The van der Waals surface area contributed by atoms with Gasteiger partial charge in [0.25, 0.3) is 5.56 Å². The molecule has 1 saturated heterocycles. The van der Waals surface area contributed by atoms with Crippen LogP contribution in [0.2, 0.25) is 0 Å². The fourth-order valence-electron chi connectivity index (χ4n) is 5.59. The zero-order valence-electron chi connectivity index (χ0n) is 26.7. The van der Waals surface area contributed by atoms with E-state index in [4.69, 9.17) is 41.2 Å². The maximum absolute atomic E-state index is 12.7. The maximum Gasteiger partial charge on any atom is 0.695 e. The molecule has 5 heterocycles. The monoisotopic (exact) mass is 751 g/mol. The first-order chi connectivity index (χ1) is 24.0. The highest BCUT2D eigenvalue weighted by molar-refractivity contribution is 8.07. The summed E-state index contributed by atoms with van der Waals surface area (Å²) in [5, 5.41) is 12.4. The SMILES string of the molecule is [C-]#[N+]CCOP(=S)(OC[C@@H]1C[C@@H](O[P+](=O)O)[C@H](n2cnc3c(=O)[nH]c(NC(=O)C(C)C)nc32)O1)OC1CC(n2c(CO)nc3cncnc32)C1. The van der Waals surface area contributed by atoms with E-state index in [1.807, 2.05) is 4.57 Å². The summed E-state index contributed by atoms with van der Waals surface area (Å²) in [4.78, 5) is 61.6. The number of carbonyl (C=O) groups excluding carboxylic acids is 1. The minimum absolute atomic E-state index is 0.0277. The molecule has 1 amide bonds. The molecule has 4 aromatic heterocycles. The molecule has 4 N–H and O–H groups in total. The molecule has 0 bridgehead atoms. The summed E-state index contributed by atoms with van der Waals surface area (Å²) in [7, 11) is -3.06. The van der Waals surface area contributed by atoms with Crippen LogP contribution >= 0.6 is 15.0 Å². The lowest BCUT2D eigenvalue weighted by Gasteiger charge is -2.38. The average molecular weight is 752 g/mol. The summed E-state index contributed by atoms with van der Waals surface area (Å²) < 4.78 is 44.5. The second-order valence-corrected chi connectivity index (χ2v) is 15.4. The number of carbonyl (C=O) groups is 1. The molecule has 4 aromatic rings. The van der Waals surface area contributed by atoms with Gasteiger partial charge in [-0.05, 0) is 24.6 Å². The number of H-pyrrole nitrogens is 1. The molecule has 1 aliphatic heterocycles. The molecule has 0 radical (unpaired) electrons. The number of imidazole rings is 2. The number of amides is 1. The van der Waals surface area contributed by atoms with Gasteiger partial charge in [0.1, 0.15) is 30.9 Å². The van der Waals surface area contributed by atoms with E-state index in [0.29, 0.717) is 29.8 Å². The van der Waals surface area contributed by atoms with Crippen molar-refractivity contribution in [2.24, 2.45) is 5.92 Å². The Hall–Kier alpha value is -3.67. The van der Waals surface area contributed by atoms with Gasteiger partial charge in [0.05, 0.1) is 31.3 Å². The number of aromatic amines is 1. The number of anilines is 1. The summed E-state index contributed by atoms with van der Waals surface area (Å²) in [6, 6.07) is -0.0869. The summed E-state index contributed by atoms with van der Waals surface area (Å²) in [5.41, 5.74) is 0.516. The molecule has 50 heavy (non-hydrogen) atoms. The predicted octanol–water partition coefficient (Wildman–Crippen LogP) is 2.27. The highest BCUT2D eigenvalue weighted by atomic mass is 32.5. The quantitative estimate of drug-likeness (QED) is 0.0773. The second-order valence-electron chi connectivity index (χ2n) is 11.7. The Labute approximate surface area is 289 Å². The van der Waals surface area contributed by atoms with Crippen molar-refractivity contribution in [3.63, 3.8) is 0 Å². The fraction of sp³-hybridized carbons (Fsp3) is 0.556. The normalized spacial score (nSPS) is 23.5. The first-order valence-electron chi connectivity index (χ1n) is 15.4. The van der Waals surface area contributed by atoms with E-state index in [-0.39, 0.29) is 73.9 Å². The number of fused-ring (bicyclic) bond motifs is 2. The third kappa shape index (κ3) is 7.80. The summed E-state index contributed by atoms with van der Waals surface area (Å²) in [5.74, 6) is -0.422. The average Bonchev–Trinajstić information content (AvgIpc) is 3.76. The second kappa shape index (κ2) is 15.3. The lowest BCUT2D eigenvalue weighted by molar-refractivity contribution is -0.118. The molecule has 1 aliphatic carbocycles. The smallest absolute Gasteiger partial charge is 0.388 e. The van der Waals surface area contributed by atoms with Crippen molar-refractivity contribution < 1.29 is 42.2 Å². The first kappa shape index (κ1) is 36.1. The third-order valence-electron chi connectivity index (χ3n) is 8.00. The van der Waals surface area contributed by atoms with Crippen LogP contribution in [0.3, 0.4) is 0 Å². The Morgan fingerprint density at radius 1 is 1.28 bits per heavy atom. The molecule has 0 aromatic carbocycles. The van der Waals surface area contributed by atoms with Crippen molar-refractivity contribution in [1.29, 1.82) is 0 Å². The highest BCUT2D eigenvalue weighted by Crippen LogP contribution is 2.55. The van der Waals surface area contributed by atoms with E-state index >= 15 is 0 Å². The Kier molecular flexibility index (Phi) is 11.0. The Morgan fingerprint density at radius 2 is 2.08 bits per heavy atom. The molecule has 20 nitrogen and oxygen atoms in total. The van der Waals surface area contributed by atoms with Gasteiger partial charge in [-0.15, -0.1) is 9.42 Å². The topological polar surface area (TPSA) is 244 Å². The summed E-state index contributed by atoms with van der Waals surface area (Å²) in [6.07, 6.45) is 2.11. The van der Waals surface area contributed by atoms with E-state index in [1.165, 1.54) is 17.2 Å². The van der Waals surface area contributed by atoms with Crippen molar-refractivity contribution in [1.82, 2.24) is 39.0 Å². The number of aliphatic hydroxyl groups is 1. The molecular formula is C27H33N10O10P2S+. The van der Waals surface area contributed by atoms with Crippen LogP contribution in [0.25, 0.3) is 27.2 Å². The molecule has 266 valence electrons. The lowest BCUT2D eigenvalue weighted by atomic mass is 9.89. The number of hydrogen-bond acceptors (Lipinski definition) is 15. The van der Waals surface area contributed by atoms with Gasteiger partial charge in [-0.1, -0.05) is 13.8 Å². The van der Waals surface area contributed by atoms with Gasteiger partial charge in [-0.2, -0.15) is 4.98 Å². The third-order valence-corrected chi connectivity index (χ3v) is 10.9. The van der Waals surface area contributed by atoms with Gasteiger partial charge in [-0.25, -0.2) is 26.5 Å². The number of nitrogens with zero attached hydrogens (tertiary/aromatic N) is 8. The van der Waals surface area contributed by atoms with Gasteiger partial charge in [0, 0.05) is 22.9 Å². The Morgan fingerprint density at radius 3 is 2.80 bits per heavy atom. The fourth-order valence-corrected chi connectivity index (χ4v) is 8.17. The van der Waals surface area contributed by atoms with Gasteiger partial charge in [0.2, 0.25) is 18.4 Å². The number of nitrogens with one attached hydrogen (secondary N) is 2.